The summed E-state index contributed by atoms with van der Waals surface area (Å²) in [6.45, 7) is 4.04. The molecule has 108 valence electrons. The summed E-state index contributed by atoms with van der Waals surface area (Å²) in [6, 6.07) is 4.05. The van der Waals surface area contributed by atoms with E-state index < -0.39 is 0 Å². The Labute approximate surface area is 120 Å². The van der Waals surface area contributed by atoms with Crippen LogP contribution in [0, 0.1) is 24.7 Å². The molecule has 4 atom stereocenters. The van der Waals surface area contributed by atoms with Crippen molar-refractivity contribution < 1.29 is 9.21 Å². The molecule has 2 aliphatic carbocycles. The molecule has 1 aromatic rings. The van der Waals surface area contributed by atoms with Crippen molar-refractivity contribution in [2.75, 3.05) is 0 Å². The first-order valence-corrected chi connectivity index (χ1v) is 7.67. The van der Waals surface area contributed by atoms with Gasteiger partial charge in [-0.2, -0.15) is 0 Å². The Kier molecular flexibility index (Phi) is 3.68. The molecule has 3 rings (SSSR count). The van der Waals surface area contributed by atoms with Crippen LogP contribution in [-0.2, 0) is 4.79 Å². The van der Waals surface area contributed by atoms with Crippen LogP contribution in [0.25, 0.3) is 6.08 Å². The number of carbonyl (C=O) groups is 1. The van der Waals surface area contributed by atoms with Crippen LogP contribution in [0.1, 0.15) is 44.1 Å². The normalized spacial score (nSPS) is 30.0. The van der Waals surface area contributed by atoms with Crippen LogP contribution in [0.3, 0.4) is 0 Å². The SMILES string of the molecule is Cc1ccc(/C=C/C(=O)N[C@@H](C)[C@H]2C[C@@H]3CC[C@@H]2C3)o1. The van der Waals surface area contributed by atoms with Gasteiger partial charge >= 0.3 is 0 Å². The summed E-state index contributed by atoms with van der Waals surface area (Å²) in [5, 5.41) is 3.12. The lowest BCUT2D eigenvalue weighted by Crippen LogP contribution is -2.39. The molecule has 0 saturated heterocycles. The summed E-state index contributed by atoms with van der Waals surface area (Å²) in [5.41, 5.74) is 0. The molecule has 2 fully saturated rings. The predicted octanol–water partition coefficient (Wildman–Crippen LogP) is 3.54. The number of aryl methyl sites for hydroxylation is 1. The minimum atomic E-state index is -0.0191. The molecule has 0 aliphatic heterocycles. The quantitative estimate of drug-likeness (QED) is 0.853. The lowest BCUT2D eigenvalue weighted by Gasteiger charge is -2.28. The topological polar surface area (TPSA) is 42.2 Å². The van der Waals surface area contributed by atoms with Crippen molar-refractivity contribution >= 4 is 12.0 Å². The molecule has 0 unspecified atom stereocenters. The molecular weight excluding hydrogens is 250 g/mol. The molecule has 3 heteroatoms. The first-order valence-electron chi connectivity index (χ1n) is 7.67. The van der Waals surface area contributed by atoms with Crippen LogP contribution in [0.5, 0.6) is 0 Å². The smallest absolute Gasteiger partial charge is 0.244 e. The van der Waals surface area contributed by atoms with Gasteiger partial charge in [0.2, 0.25) is 5.91 Å². The molecule has 1 amide bonds. The highest BCUT2D eigenvalue weighted by atomic mass is 16.3. The number of hydrogen-bond donors (Lipinski definition) is 1. The fourth-order valence-corrected chi connectivity index (χ4v) is 3.99. The van der Waals surface area contributed by atoms with Crippen molar-refractivity contribution in [2.45, 2.75) is 45.6 Å². The third kappa shape index (κ3) is 2.82. The van der Waals surface area contributed by atoms with Gasteiger partial charge in [-0.1, -0.05) is 6.42 Å². The Hall–Kier alpha value is -1.51. The number of fused-ring (bicyclic) bond motifs is 2. The van der Waals surface area contributed by atoms with E-state index in [1.807, 2.05) is 19.1 Å². The van der Waals surface area contributed by atoms with Crippen LogP contribution in [-0.4, -0.2) is 11.9 Å². The monoisotopic (exact) mass is 273 g/mol. The molecule has 0 spiro atoms. The van der Waals surface area contributed by atoms with Crippen LogP contribution in [0.4, 0.5) is 0 Å². The van der Waals surface area contributed by atoms with E-state index in [1.54, 1.807) is 12.2 Å². The maximum atomic E-state index is 12.0. The highest BCUT2D eigenvalue weighted by Gasteiger charge is 2.41. The Balaban J connectivity index is 1.52. The van der Waals surface area contributed by atoms with Crippen molar-refractivity contribution in [3.05, 3.63) is 29.7 Å². The number of hydrogen-bond acceptors (Lipinski definition) is 2. The molecule has 0 radical (unpaired) electrons. The molecule has 1 heterocycles. The van der Waals surface area contributed by atoms with Crippen LogP contribution < -0.4 is 5.32 Å². The fraction of sp³-hybridized carbons (Fsp3) is 0.588. The van der Waals surface area contributed by atoms with E-state index in [-0.39, 0.29) is 11.9 Å². The van der Waals surface area contributed by atoms with Gasteiger partial charge in [0.15, 0.2) is 0 Å². The predicted molar refractivity (Wildman–Crippen MR) is 79.0 cm³/mol. The van der Waals surface area contributed by atoms with Crippen molar-refractivity contribution in [2.24, 2.45) is 17.8 Å². The first-order chi connectivity index (χ1) is 9.61. The minimum absolute atomic E-state index is 0.0191. The molecule has 2 aliphatic rings. The van der Waals surface area contributed by atoms with Gasteiger partial charge in [-0.3, -0.25) is 4.79 Å². The number of rotatable bonds is 4. The van der Waals surface area contributed by atoms with Crippen LogP contribution in [0.15, 0.2) is 22.6 Å². The lowest BCUT2D eigenvalue weighted by molar-refractivity contribution is -0.117. The summed E-state index contributed by atoms with van der Waals surface area (Å²) in [5.74, 6) is 4.01. The second-order valence-electron chi connectivity index (χ2n) is 6.42. The Bertz CT molecular complexity index is 517. The van der Waals surface area contributed by atoms with Gasteiger partial charge in [-0.25, -0.2) is 0 Å². The first kappa shape index (κ1) is 13.5. The maximum absolute atomic E-state index is 12.0. The standard InChI is InChI=1S/C17H23NO2/c1-11-3-6-15(20-11)7-8-17(19)18-12(2)16-10-13-4-5-14(16)9-13/h3,6-8,12-14,16H,4-5,9-10H2,1-2H3,(H,18,19)/b8-7+/t12-,13+,14+,16+/m0/s1. The van der Waals surface area contributed by atoms with Gasteiger partial charge in [0, 0.05) is 12.1 Å². The number of carbonyl (C=O) groups excluding carboxylic acids is 1. The van der Waals surface area contributed by atoms with E-state index in [1.165, 1.54) is 25.7 Å². The molecule has 2 bridgehead atoms. The van der Waals surface area contributed by atoms with E-state index >= 15 is 0 Å². The van der Waals surface area contributed by atoms with Crippen molar-refractivity contribution in [3.63, 3.8) is 0 Å². The van der Waals surface area contributed by atoms with Gasteiger partial charge in [-0.05, 0) is 69.1 Å². The zero-order valence-corrected chi connectivity index (χ0v) is 12.3. The maximum Gasteiger partial charge on any atom is 0.244 e. The van der Waals surface area contributed by atoms with Gasteiger partial charge in [0.1, 0.15) is 11.5 Å². The molecule has 20 heavy (non-hydrogen) atoms. The third-order valence-electron chi connectivity index (χ3n) is 4.97. The average molecular weight is 273 g/mol. The Morgan fingerprint density at radius 3 is 2.85 bits per heavy atom. The van der Waals surface area contributed by atoms with Crippen molar-refractivity contribution in [3.8, 4) is 0 Å². The van der Waals surface area contributed by atoms with Crippen molar-refractivity contribution in [1.82, 2.24) is 5.32 Å². The number of amides is 1. The number of nitrogens with one attached hydrogen (secondary N) is 1. The second kappa shape index (κ2) is 5.47. The summed E-state index contributed by atoms with van der Waals surface area (Å²) < 4.78 is 5.41. The average Bonchev–Trinajstić information content (AvgIpc) is 3.12. The summed E-state index contributed by atoms with van der Waals surface area (Å²) in [4.78, 5) is 12.0. The minimum Gasteiger partial charge on any atom is -0.462 e. The molecule has 2 saturated carbocycles. The molecule has 0 aromatic carbocycles. The zero-order valence-electron chi connectivity index (χ0n) is 12.3. The van der Waals surface area contributed by atoms with Gasteiger partial charge in [-0.15, -0.1) is 0 Å². The van der Waals surface area contributed by atoms with Crippen LogP contribution in [0.2, 0.25) is 0 Å². The Morgan fingerprint density at radius 1 is 1.40 bits per heavy atom. The van der Waals surface area contributed by atoms with Gasteiger partial charge in [0.25, 0.3) is 0 Å². The van der Waals surface area contributed by atoms with Gasteiger partial charge in [0.05, 0.1) is 0 Å². The molecule has 3 nitrogen and oxygen atoms in total. The van der Waals surface area contributed by atoms with Crippen LogP contribution >= 0.6 is 0 Å². The molecule has 1 aromatic heterocycles. The second-order valence-corrected chi connectivity index (χ2v) is 6.42. The van der Waals surface area contributed by atoms with E-state index in [0.29, 0.717) is 5.92 Å². The number of furan rings is 1. The largest absolute Gasteiger partial charge is 0.462 e. The van der Waals surface area contributed by atoms with E-state index in [9.17, 15) is 4.79 Å². The highest BCUT2D eigenvalue weighted by molar-refractivity contribution is 5.91. The summed E-state index contributed by atoms with van der Waals surface area (Å²) in [6.07, 6.45) is 8.74. The molecule has 1 N–H and O–H groups in total. The summed E-state index contributed by atoms with van der Waals surface area (Å²) >= 11 is 0. The molecular formula is C17H23NO2. The van der Waals surface area contributed by atoms with Gasteiger partial charge < -0.3 is 9.73 Å². The lowest BCUT2D eigenvalue weighted by atomic mass is 9.84. The van der Waals surface area contributed by atoms with E-state index in [4.69, 9.17) is 4.42 Å². The van der Waals surface area contributed by atoms with E-state index in [2.05, 4.69) is 12.2 Å². The summed E-state index contributed by atoms with van der Waals surface area (Å²) in [7, 11) is 0. The zero-order chi connectivity index (χ0) is 14.1. The Morgan fingerprint density at radius 2 is 2.25 bits per heavy atom. The fourth-order valence-electron chi connectivity index (χ4n) is 3.99. The van der Waals surface area contributed by atoms with E-state index in [0.717, 1.165) is 23.4 Å². The highest BCUT2D eigenvalue weighted by Crippen LogP contribution is 2.49. The third-order valence-corrected chi connectivity index (χ3v) is 4.97. The van der Waals surface area contributed by atoms with Crippen molar-refractivity contribution in [1.29, 1.82) is 0 Å².